The molecule has 0 unspecified atom stereocenters. The van der Waals surface area contributed by atoms with Gasteiger partial charge in [-0.1, -0.05) is 90.8 Å². The first kappa shape index (κ1) is 27.0. The van der Waals surface area contributed by atoms with Gasteiger partial charge in [0.2, 0.25) is 0 Å². The second-order valence-corrected chi connectivity index (χ2v) is 11.4. The number of benzene rings is 3. The van der Waals surface area contributed by atoms with Crippen LogP contribution in [0.1, 0.15) is 59.5 Å². The van der Waals surface area contributed by atoms with E-state index in [1.807, 2.05) is 43.3 Å². The van der Waals surface area contributed by atoms with Gasteiger partial charge in [0.05, 0.1) is 34.1 Å². The maximum Gasteiger partial charge on any atom is 0.307 e. The Morgan fingerprint density at radius 3 is 2.51 bits per heavy atom. The Hall–Kier alpha value is -4.22. The van der Waals surface area contributed by atoms with Gasteiger partial charge in [-0.3, -0.25) is 9.59 Å². The summed E-state index contributed by atoms with van der Waals surface area (Å²) >= 11 is 6.66. The van der Waals surface area contributed by atoms with Crippen molar-refractivity contribution in [2.45, 2.75) is 51.4 Å². The molecule has 4 aromatic rings. The lowest BCUT2D eigenvalue weighted by Crippen LogP contribution is -2.09. The summed E-state index contributed by atoms with van der Waals surface area (Å²) < 4.78 is 0. The predicted molar refractivity (Wildman–Crippen MR) is 164 cm³/mol. The van der Waals surface area contributed by atoms with E-state index in [0.29, 0.717) is 46.4 Å². The first-order chi connectivity index (χ1) is 19.9. The van der Waals surface area contributed by atoms with E-state index in [1.165, 1.54) is 36.0 Å². The molecule has 0 atom stereocenters. The summed E-state index contributed by atoms with van der Waals surface area (Å²) in [6, 6.07) is 24.7. The number of allylic oxidation sites excluding steroid dienone is 1. The van der Waals surface area contributed by atoms with Gasteiger partial charge in [-0.05, 0) is 78.0 Å². The second kappa shape index (κ2) is 11.3. The van der Waals surface area contributed by atoms with Crippen molar-refractivity contribution >= 4 is 34.7 Å². The number of pyridine rings is 1. The molecule has 1 aliphatic heterocycles. The van der Waals surface area contributed by atoms with E-state index in [9.17, 15) is 14.7 Å². The zero-order valence-corrected chi connectivity index (χ0v) is 23.7. The van der Waals surface area contributed by atoms with Crippen LogP contribution in [0.4, 0.5) is 5.69 Å². The van der Waals surface area contributed by atoms with Crippen LogP contribution in [-0.4, -0.2) is 22.0 Å². The van der Waals surface area contributed by atoms with Crippen LogP contribution in [0, 0.1) is 6.92 Å². The SMILES string of the molecule is Cc1ccc(CC/C=C2\C(=O)Nc3cc(Cl)c(-c4ccc(-c5ccccc5C5CCC5)cc4)nc32)cc1CC(=O)O. The second-order valence-electron chi connectivity index (χ2n) is 10.9. The van der Waals surface area contributed by atoms with E-state index in [2.05, 4.69) is 41.7 Å². The van der Waals surface area contributed by atoms with Crippen molar-refractivity contribution < 1.29 is 14.7 Å². The number of amides is 1. The molecule has 0 radical (unpaired) electrons. The van der Waals surface area contributed by atoms with Gasteiger partial charge in [0.15, 0.2) is 0 Å². The average molecular weight is 563 g/mol. The summed E-state index contributed by atoms with van der Waals surface area (Å²) in [7, 11) is 0. The molecule has 6 heteroatoms. The Morgan fingerprint density at radius 1 is 1.02 bits per heavy atom. The normalized spacial score (nSPS) is 15.5. The van der Waals surface area contributed by atoms with Crippen molar-refractivity contribution in [3.63, 3.8) is 0 Å². The zero-order chi connectivity index (χ0) is 28.5. The van der Waals surface area contributed by atoms with Crippen LogP contribution in [-0.2, 0) is 22.4 Å². The Labute approximate surface area is 244 Å². The van der Waals surface area contributed by atoms with Crippen molar-refractivity contribution in [3.05, 3.63) is 112 Å². The van der Waals surface area contributed by atoms with Crippen LogP contribution in [0.2, 0.25) is 5.02 Å². The molecular weight excluding hydrogens is 532 g/mol. The fraction of sp³-hybridized carbons (Fsp3) is 0.229. The molecule has 2 heterocycles. The summed E-state index contributed by atoms with van der Waals surface area (Å²) in [5.74, 6) is -0.397. The lowest BCUT2D eigenvalue weighted by Gasteiger charge is -2.28. The molecule has 0 bridgehead atoms. The van der Waals surface area contributed by atoms with Crippen molar-refractivity contribution in [2.75, 3.05) is 5.32 Å². The van der Waals surface area contributed by atoms with Crippen LogP contribution in [0.15, 0.2) is 78.9 Å². The molecule has 1 aliphatic carbocycles. The van der Waals surface area contributed by atoms with Gasteiger partial charge in [-0.2, -0.15) is 0 Å². The Balaban J connectivity index is 1.24. The largest absolute Gasteiger partial charge is 0.481 e. The molecule has 0 spiro atoms. The number of carbonyl (C=O) groups is 2. The molecule has 0 saturated heterocycles. The highest BCUT2D eigenvalue weighted by Gasteiger charge is 2.27. The molecular formula is C35H31ClN2O3. The number of aromatic nitrogens is 1. The first-order valence-corrected chi connectivity index (χ1v) is 14.5. The number of fused-ring (bicyclic) bond motifs is 1. The standard InChI is InChI=1S/C35H31ClN2O3/c1-21-12-13-22(18-26(21)19-32(39)40)6-4-11-29-34-31(37-35(29)41)20-30(36)33(38-34)25-16-14-24(15-17-25)28-10-3-2-9-27(28)23-7-5-8-23/h2-3,9-18,20,23H,4-8,19H2,1H3,(H,37,41)(H,39,40)/b29-11-. The Morgan fingerprint density at radius 2 is 1.78 bits per heavy atom. The number of rotatable bonds is 8. The summed E-state index contributed by atoms with van der Waals surface area (Å²) in [4.78, 5) is 28.9. The number of carbonyl (C=O) groups excluding carboxylic acids is 1. The van der Waals surface area contributed by atoms with Crippen LogP contribution >= 0.6 is 11.6 Å². The minimum Gasteiger partial charge on any atom is -0.481 e. The molecule has 2 N–H and O–H groups in total. The summed E-state index contributed by atoms with van der Waals surface area (Å²) in [6.45, 7) is 1.92. The molecule has 6 rings (SSSR count). The van der Waals surface area contributed by atoms with Gasteiger partial charge < -0.3 is 10.4 Å². The van der Waals surface area contributed by atoms with E-state index >= 15 is 0 Å². The molecule has 3 aromatic carbocycles. The Kier molecular flexibility index (Phi) is 7.46. The first-order valence-electron chi connectivity index (χ1n) is 14.1. The van der Waals surface area contributed by atoms with Gasteiger partial charge in [-0.25, -0.2) is 4.98 Å². The van der Waals surface area contributed by atoms with Crippen LogP contribution in [0.25, 0.3) is 28.0 Å². The lowest BCUT2D eigenvalue weighted by molar-refractivity contribution is -0.136. The topological polar surface area (TPSA) is 79.3 Å². The number of hydrogen-bond acceptors (Lipinski definition) is 3. The lowest BCUT2D eigenvalue weighted by atomic mass is 9.77. The molecule has 1 fully saturated rings. The number of anilines is 1. The fourth-order valence-corrected chi connectivity index (χ4v) is 6.00. The van der Waals surface area contributed by atoms with E-state index in [4.69, 9.17) is 16.6 Å². The minimum atomic E-state index is -0.847. The quantitative estimate of drug-likeness (QED) is 0.212. The zero-order valence-electron chi connectivity index (χ0n) is 22.9. The number of aryl methyl sites for hydroxylation is 2. The monoisotopic (exact) mass is 562 g/mol. The van der Waals surface area contributed by atoms with Crippen molar-refractivity contribution in [2.24, 2.45) is 0 Å². The molecule has 2 aliphatic rings. The Bertz CT molecular complexity index is 1690. The van der Waals surface area contributed by atoms with Crippen molar-refractivity contribution in [1.82, 2.24) is 4.98 Å². The maximum absolute atomic E-state index is 12.8. The smallest absolute Gasteiger partial charge is 0.307 e. The van der Waals surface area contributed by atoms with Crippen molar-refractivity contribution in [1.29, 1.82) is 0 Å². The number of halogens is 1. The minimum absolute atomic E-state index is 0.00197. The predicted octanol–water partition coefficient (Wildman–Crippen LogP) is 8.24. The third kappa shape index (κ3) is 5.55. The molecule has 41 heavy (non-hydrogen) atoms. The van der Waals surface area contributed by atoms with Gasteiger partial charge >= 0.3 is 5.97 Å². The molecule has 1 saturated carbocycles. The highest BCUT2D eigenvalue weighted by Crippen LogP contribution is 2.42. The van der Waals surface area contributed by atoms with E-state index in [-0.39, 0.29) is 12.3 Å². The number of carboxylic acid groups (broad SMARTS) is 1. The third-order valence-electron chi connectivity index (χ3n) is 8.24. The number of nitrogens with one attached hydrogen (secondary N) is 1. The van der Waals surface area contributed by atoms with Crippen molar-refractivity contribution in [3.8, 4) is 22.4 Å². The maximum atomic E-state index is 12.8. The summed E-state index contributed by atoms with van der Waals surface area (Å²) in [5.41, 5.74) is 9.96. The van der Waals surface area contributed by atoms with E-state index in [1.54, 1.807) is 6.07 Å². The van der Waals surface area contributed by atoms with Crippen LogP contribution in [0.3, 0.4) is 0 Å². The summed E-state index contributed by atoms with van der Waals surface area (Å²) in [5, 5.41) is 12.6. The highest BCUT2D eigenvalue weighted by molar-refractivity contribution is 6.35. The number of nitrogens with zero attached hydrogens (tertiary/aromatic N) is 1. The average Bonchev–Trinajstić information content (AvgIpc) is 3.23. The van der Waals surface area contributed by atoms with Gasteiger partial charge in [-0.15, -0.1) is 0 Å². The van der Waals surface area contributed by atoms with Crippen LogP contribution < -0.4 is 5.32 Å². The molecule has 1 amide bonds. The van der Waals surface area contributed by atoms with E-state index < -0.39 is 5.97 Å². The van der Waals surface area contributed by atoms with Gasteiger partial charge in [0, 0.05) is 5.56 Å². The van der Waals surface area contributed by atoms with Crippen LogP contribution in [0.5, 0.6) is 0 Å². The molecule has 1 aromatic heterocycles. The van der Waals surface area contributed by atoms with Gasteiger partial charge in [0.25, 0.3) is 5.91 Å². The third-order valence-corrected chi connectivity index (χ3v) is 8.52. The van der Waals surface area contributed by atoms with E-state index in [0.717, 1.165) is 22.3 Å². The highest BCUT2D eigenvalue weighted by atomic mass is 35.5. The summed E-state index contributed by atoms with van der Waals surface area (Å²) in [6.07, 6.45) is 7.01. The molecule has 206 valence electrons. The number of aliphatic carboxylic acids is 1. The fourth-order valence-electron chi connectivity index (χ4n) is 5.74. The number of hydrogen-bond donors (Lipinski definition) is 2. The van der Waals surface area contributed by atoms with Gasteiger partial charge in [0.1, 0.15) is 0 Å². The number of carboxylic acids is 1. The molecule has 5 nitrogen and oxygen atoms in total.